The van der Waals surface area contributed by atoms with Gasteiger partial charge in [0.05, 0.1) is 18.1 Å². The molecule has 1 fully saturated rings. The summed E-state index contributed by atoms with van der Waals surface area (Å²) in [5.41, 5.74) is 2.18. The second-order valence-electron chi connectivity index (χ2n) is 9.02. The van der Waals surface area contributed by atoms with Crippen LogP contribution in [0.25, 0.3) is 11.1 Å². The number of benzene rings is 3. The van der Waals surface area contributed by atoms with Crippen LogP contribution in [-0.4, -0.2) is 50.0 Å². The molecule has 0 aliphatic heterocycles. The Kier molecular flexibility index (Phi) is 7.80. The van der Waals surface area contributed by atoms with E-state index in [4.69, 9.17) is 9.47 Å². The van der Waals surface area contributed by atoms with Crippen LogP contribution >= 0.6 is 0 Å². The van der Waals surface area contributed by atoms with Crippen LogP contribution in [0.2, 0.25) is 0 Å². The monoisotopic (exact) mass is 521 g/mol. The number of esters is 2. The smallest absolute Gasteiger partial charge is 0.328 e. The molecule has 0 heterocycles. The molecule has 2 atom stereocenters. The highest BCUT2D eigenvalue weighted by atomic mass is 32.2. The van der Waals surface area contributed by atoms with E-state index in [0.29, 0.717) is 0 Å². The Hall–Kier alpha value is -3.49. The van der Waals surface area contributed by atoms with Gasteiger partial charge in [0.1, 0.15) is 12.1 Å². The van der Waals surface area contributed by atoms with Crippen molar-refractivity contribution < 1.29 is 27.5 Å². The zero-order valence-electron chi connectivity index (χ0n) is 21.2. The molecule has 0 aromatic heterocycles. The lowest BCUT2D eigenvalue weighted by atomic mass is 10.0. The molecule has 1 aliphatic carbocycles. The minimum absolute atomic E-state index is 0.0185. The van der Waals surface area contributed by atoms with E-state index in [1.165, 1.54) is 12.1 Å². The van der Waals surface area contributed by atoms with Crippen molar-refractivity contribution in [1.29, 1.82) is 0 Å². The van der Waals surface area contributed by atoms with E-state index < -0.39 is 40.0 Å². The van der Waals surface area contributed by atoms with Gasteiger partial charge in [0.25, 0.3) is 0 Å². The summed E-state index contributed by atoms with van der Waals surface area (Å²) in [5, 5.41) is 0. The minimum Gasteiger partial charge on any atom is -0.465 e. The summed E-state index contributed by atoms with van der Waals surface area (Å²) >= 11 is 0. The molecule has 7 nitrogen and oxygen atoms in total. The SMILES string of the molecule is CCOC(=O)CN([C@@]1(C(=O)OCC)C[C@@H]1c1ccccc1)S(=O)(=O)c1ccc(-c2ccc(C)cc2)cc1. The molecule has 8 heteroatoms. The molecule has 4 rings (SSSR count). The predicted molar refractivity (Wildman–Crippen MR) is 140 cm³/mol. The van der Waals surface area contributed by atoms with Crippen LogP contribution in [0.5, 0.6) is 0 Å². The summed E-state index contributed by atoms with van der Waals surface area (Å²) < 4.78 is 39.5. The van der Waals surface area contributed by atoms with E-state index in [0.717, 1.165) is 26.6 Å². The number of rotatable bonds is 10. The van der Waals surface area contributed by atoms with E-state index in [2.05, 4.69) is 0 Å². The third kappa shape index (κ3) is 5.31. The van der Waals surface area contributed by atoms with Crippen LogP contribution in [0.4, 0.5) is 0 Å². The zero-order chi connectivity index (χ0) is 26.6. The fourth-order valence-corrected chi connectivity index (χ4v) is 6.36. The number of nitrogens with zero attached hydrogens (tertiary/aromatic N) is 1. The van der Waals surface area contributed by atoms with Crippen molar-refractivity contribution in [3.8, 4) is 11.1 Å². The summed E-state index contributed by atoms with van der Waals surface area (Å²) in [6.07, 6.45) is 0.204. The number of hydrogen-bond acceptors (Lipinski definition) is 6. The lowest BCUT2D eigenvalue weighted by Crippen LogP contribution is -2.51. The maximum atomic E-state index is 14.0. The van der Waals surface area contributed by atoms with Gasteiger partial charge in [0.15, 0.2) is 0 Å². The van der Waals surface area contributed by atoms with E-state index in [1.807, 2.05) is 61.5 Å². The molecule has 0 amide bonds. The quantitative estimate of drug-likeness (QED) is 0.359. The Labute approximate surface area is 218 Å². The standard InChI is InChI=1S/C29H31NO6S/c1-4-35-27(31)20-30(29(28(32)36-5-2)19-26(29)24-9-7-6-8-10-24)37(33,34)25-17-15-23(16-18-25)22-13-11-21(3)12-14-22/h6-18,26H,4-5,19-20H2,1-3H3/t26-,29+/m1/s1. The number of aryl methyl sites for hydroxylation is 1. The topological polar surface area (TPSA) is 90.0 Å². The van der Waals surface area contributed by atoms with Gasteiger partial charge < -0.3 is 9.47 Å². The van der Waals surface area contributed by atoms with Gasteiger partial charge in [-0.1, -0.05) is 72.3 Å². The molecule has 3 aromatic rings. The maximum absolute atomic E-state index is 14.0. The molecule has 0 radical (unpaired) electrons. The summed E-state index contributed by atoms with van der Waals surface area (Å²) in [5.74, 6) is -1.86. The normalized spacial score (nSPS) is 18.9. The highest BCUT2D eigenvalue weighted by Crippen LogP contribution is 2.57. The van der Waals surface area contributed by atoms with Gasteiger partial charge in [-0.25, -0.2) is 13.2 Å². The van der Waals surface area contributed by atoms with Gasteiger partial charge in [0.2, 0.25) is 10.0 Å². The first-order valence-electron chi connectivity index (χ1n) is 12.3. The van der Waals surface area contributed by atoms with E-state index in [1.54, 1.807) is 26.0 Å². The molecular formula is C29H31NO6S. The van der Waals surface area contributed by atoms with Crippen molar-refractivity contribution in [3.63, 3.8) is 0 Å². The van der Waals surface area contributed by atoms with Crippen LogP contribution in [0.1, 0.15) is 37.3 Å². The molecule has 1 aliphatic rings. The molecule has 37 heavy (non-hydrogen) atoms. The van der Waals surface area contributed by atoms with Crippen LogP contribution in [0.15, 0.2) is 83.8 Å². The Morgan fingerprint density at radius 3 is 2.00 bits per heavy atom. The third-order valence-electron chi connectivity index (χ3n) is 6.61. The van der Waals surface area contributed by atoms with Gasteiger partial charge >= 0.3 is 11.9 Å². The van der Waals surface area contributed by atoms with Crippen molar-refractivity contribution in [2.45, 2.75) is 43.5 Å². The second-order valence-corrected chi connectivity index (χ2v) is 10.9. The number of ether oxygens (including phenoxy) is 2. The van der Waals surface area contributed by atoms with E-state index in [9.17, 15) is 18.0 Å². The summed E-state index contributed by atoms with van der Waals surface area (Å²) in [6, 6.07) is 23.6. The number of hydrogen-bond donors (Lipinski definition) is 0. The Morgan fingerprint density at radius 1 is 0.865 bits per heavy atom. The zero-order valence-corrected chi connectivity index (χ0v) is 22.0. The fraction of sp³-hybridized carbons (Fsp3) is 0.310. The van der Waals surface area contributed by atoms with Crippen molar-refractivity contribution in [2.24, 2.45) is 0 Å². The molecule has 0 bridgehead atoms. The third-order valence-corrected chi connectivity index (χ3v) is 8.52. The number of carbonyl (C=O) groups excluding carboxylic acids is 2. The highest BCUT2D eigenvalue weighted by molar-refractivity contribution is 7.89. The van der Waals surface area contributed by atoms with Crippen molar-refractivity contribution >= 4 is 22.0 Å². The van der Waals surface area contributed by atoms with Gasteiger partial charge in [-0.3, -0.25) is 4.79 Å². The largest absolute Gasteiger partial charge is 0.465 e. The first-order chi connectivity index (χ1) is 17.7. The number of carbonyl (C=O) groups is 2. The van der Waals surface area contributed by atoms with Gasteiger partial charge in [-0.2, -0.15) is 4.31 Å². The fourth-order valence-electron chi connectivity index (χ4n) is 4.65. The van der Waals surface area contributed by atoms with Crippen molar-refractivity contribution in [3.05, 3.63) is 90.0 Å². The number of sulfonamides is 1. The Balaban J connectivity index is 1.76. The lowest BCUT2D eigenvalue weighted by Gasteiger charge is -2.30. The predicted octanol–water partition coefficient (Wildman–Crippen LogP) is 4.71. The van der Waals surface area contributed by atoms with Gasteiger partial charge in [-0.15, -0.1) is 0 Å². The summed E-state index contributed by atoms with van der Waals surface area (Å²) in [7, 11) is -4.29. The maximum Gasteiger partial charge on any atom is 0.328 e. The average molecular weight is 522 g/mol. The van der Waals surface area contributed by atoms with Crippen LogP contribution in [0.3, 0.4) is 0 Å². The Morgan fingerprint density at radius 2 is 1.43 bits per heavy atom. The van der Waals surface area contributed by atoms with Crippen molar-refractivity contribution in [2.75, 3.05) is 19.8 Å². The first kappa shape index (κ1) is 26.6. The first-order valence-corrected chi connectivity index (χ1v) is 13.8. The molecular weight excluding hydrogens is 490 g/mol. The molecule has 0 spiro atoms. The van der Waals surface area contributed by atoms with Crippen LogP contribution < -0.4 is 0 Å². The molecule has 3 aromatic carbocycles. The lowest BCUT2D eigenvalue weighted by molar-refractivity contribution is -0.151. The van der Waals surface area contributed by atoms with Crippen molar-refractivity contribution in [1.82, 2.24) is 4.31 Å². The molecule has 0 saturated heterocycles. The van der Waals surface area contributed by atoms with E-state index >= 15 is 0 Å². The summed E-state index contributed by atoms with van der Waals surface area (Å²) in [4.78, 5) is 26.0. The molecule has 1 saturated carbocycles. The molecule has 0 N–H and O–H groups in total. The molecule has 194 valence electrons. The van der Waals surface area contributed by atoms with Gasteiger partial charge in [0, 0.05) is 5.92 Å². The summed E-state index contributed by atoms with van der Waals surface area (Å²) in [6.45, 7) is 4.88. The second kappa shape index (κ2) is 10.9. The van der Waals surface area contributed by atoms with Crippen LogP contribution in [0, 0.1) is 6.92 Å². The van der Waals surface area contributed by atoms with E-state index in [-0.39, 0.29) is 24.5 Å². The molecule has 0 unspecified atom stereocenters. The Bertz CT molecular complexity index is 1350. The average Bonchev–Trinajstić information content (AvgIpc) is 3.65. The highest BCUT2D eigenvalue weighted by Gasteiger charge is 2.69. The minimum atomic E-state index is -4.29. The van der Waals surface area contributed by atoms with Crippen LogP contribution in [-0.2, 0) is 29.1 Å². The van der Waals surface area contributed by atoms with Gasteiger partial charge in [-0.05, 0) is 56.0 Å².